The van der Waals surface area contributed by atoms with Crippen molar-refractivity contribution in [1.82, 2.24) is 9.88 Å². The second kappa shape index (κ2) is 13.9. The number of nitrogens with zero attached hydrogens (tertiary/aromatic N) is 5. The number of carbonyl (C=O) groups is 2. The molecule has 1 amide bonds. The minimum atomic E-state index is -1.54. The number of carbonyl (C=O) groups excluding carboxylic acids is 2. The zero-order valence-corrected chi connectivity index (χ0v) is 26.1. The number of ketones is 1. The van der Waals surface area contributed by atoms with E-state index in [9.17, 15) is 28.3 Å². The van der Waals surface area contributed by atoms with Crippen molar-refractivity contribution in [3.63, 3.8) is 0 Å². The van der Waals surface area contributed by atoms with Gasteiger partial charge in [-0.15, -0.1) is 0 Å². The van der Waals surface area contributed by atoms with Gasteiger partial charge in [-0.1, -0.05) is 17.2 Å². The van der Waals surface area contributed by atoms with Crippen LogP contribution in [-0.4, -0.2) is 51.8 Å². The summed E-state index contributed by atoms with van der Waals surface area (Å²) < 4.78 is 69.1. The minimum absolute atomic E-state index is 0.0152. The Morgan fingerprint density at radius 2 is 1.72 bits per heavy atom. The lowest BCUT2D eigenvalue weighted by Crippen LogP contribution is -2.50. The SMILES string of the molecule is CC(C)(C)OC(=O)N1[C@@H](CCc2c(F)cncc2CC(=O)[C@@H](N=[N+]=[N-])[C@@H](c2ccc(F)cc2)c2cc(F)cc(F)c2)COC1(C)C. The number of aromatic nitrogens is 1. The van der Waals surface area contributed by atoms with Crippen LogP contribution in [0.2, 0.25) is 0 Å². The van der Waals surface area contributed by atoms with E-state index in [0.717, 1.165) is 30.5 Å². The van der Waals surface area contributed by atoms with Crippen LogP contribution in [0.15, 0.2) is 60.0 Å². The number of Topliss-reactive ketones (excluding diaryl/α,β-unsaturated/α-hetero) is 1. The van der Waals surface area contributed by atoms with E-state index in [4.69, 9.17) is 9.47 Å². The molecule has 46 heavy (non-hydrogen) atoms. The monoisotopic (exact) mass is 641 g/mol. The third kappa shape index (κ3) is 8.21. The van der Waals surface area contributed by atoms with Gasteiger partial charge in [0.05, 0.1) is 18.8 Å². The maximum absolute atomic E-state index is 15.3. The number of azide groups is 1. The first-order valence-electron chi connectivity index (χ1n) is 14.7. The van der Waals surface area contributed by atoms with Crippen molar-refractivity contribution in [3.05, 3.63) is 111 Å². The largest absolute Gasteiger partial charge is 0.444 e. The summed E-state index contributed by atoms with van der Waals surface area (Å²) in [5.74, 6) is -5.01. The van der Waals surface area contributed by atoms with Gasteiger partial charge in [0.15, 0.2) is 0 Å². The highest BCUT2D eigenvalue weighted by molar-refractivity contribution is 5.88. The molecule has 2 heterocycles. The Hall–Kier alpha value is -4.48. The summed E-state index contributed by atoms with van der Waals surface area (Å²) in [6.07, 6.45) is 1.64. The highest BCUT2D eigenvalue weighted by Gasteiger charge is 2.45. The molecule has 0 bridgehead atoms. The van der Waals surface area contributed by atoms with Crippen LogP contribution in [0.4, 0.5) is 22.4 Å². The molecule has 4 rings (SSSR count). The van der Waals surface area contributed by atoms with Crippen LogP contribution in [0.25, 0.3) is 10.4 Å². The number of hydrogen-bond acceptors (Lipinski definition) is 6. The van der Waals surface area contributed by atoms with Crippen LogP contribution in [-0.2, 0) is 27.1 Å². The van der Waals surface area contributed by atoms with E-state index in [1.54, 1.807) is 34.6 Å². The zero-order valence-electron chi connectivity index (χ0n) is 26.1. The number of benzene rings is 2. The number of pyridine rings is 1. The molecule has 1 fully saturated rings. The molecule has 9 nitrogen and oxygen atoms in total. The van der Waals surface area contributed by atoms with Gasteiger partial charge in [-0.25, -0.2) is 22.4 Å². The van der Waals surface area contributed by atoms with Gasteiger partial charge in [0, 0.05) is 29.5 Å². The zero-order chi connectivity index (χ0) is 33.8. The van der Waals surface area contributed by atoms with Crippen molar-refractivity contribution in [2.75, 3.05) is 6.61 Å². The van der Waals surface area contributed by atoms with E-state index in [-0.39, 0.29) is 41.7 Å². The van der Waals surface area contributed by atoms with E-state index in [1.165, 1.54) is 23.2 Å². The lowest BCUT2D eigenvalue weighted by molar-refractivity contribution is -0.119. The van der Waals surface area contributed by atoms with Crippen LogP contribution in [0.5, 0.6) is 0 Å². The summed E-state index contributed by atoms with van der Waals surface area (Å²) in [7, 11) is 0. The molecule has 0 unspecified atom stereocenters. The first kappa shape index (κ1) is 34.4. The summed E-state index contributed by atoms with van der Waals surface area (Å²) in [6, 6.07) is 5.52. The third-order valence-corrected chi connectivity index (χ3v) is 7.65. The second-order valence-corrected chi connectivity index (χ2v) is 12.6. The van der Waals surface area contributed by atoms with Crippen LogP contribution in [0.1, 0.15) is 69.2 Å². The van der Waals surface area contributed by atoms with Gasteiger partial charge < -0.3 is 9.47 Å². The fourth-order valence-corrected chi connectivity index (χ4v) is 5.67. The third-order valence-electron chi connectivity index (χ3n) is 7.65. The average Bonchev–Trinajstić information content (AvgIpc) is 3.25. The highest BCUT2D eigenvalue weighted by Crippen LogP contribution is 2.34. The Morgan fingerprint density at radius 1 is 1.07 bits per heavy atom. The number of hydrogen-bond donors (Lipinski definition) is 0. The first-order chi connectivity index (χ1) is 21.6. The fraction of sp³-hybridized carbons (Fsp3) is 0.424. The van der Waals surface area contributed by atoms with Crippen molar-refractivity contribution in [2.45, 2.75) is 83.2 Å². The van der Waals surface area contributed by atoms with E-state index in [2.05, 4.69) is 15.0 Å². The van der Waals surface area contributed by atoms with E-state index in [1.807, 2.05) is 0 Å². The molecule has 3 atom stereocenters. The molecule has 0 saturated carbocycles. The quantitative estimate of drug-likeness (QED) is 0.0980. The Labute approximate surface area is 264 Å². The molecule has 1 aliphatic rings. The summed E-state index contributed by atoms with van der Waals surface area (Å²) in [6.45, 7) is 8.87. The number of ether oxygens (including phenoxy) is 2. The molecule has 13 heteroatoms. The lowest BCUT2D eigenvalue weighted by Gasteiger charge is -2.35. The number of halogens is 4. The van der Waals surface area contributed by atoms with Crippen molar-refractivity contribution < 1.29 is 36.6 Å². The van der Waals surface area contributed by atoms with Crippen molar-refractivity contribution in [1.29, 1.82) is 0 Å². The molecule has 0 N–H and O–H groups in total. The molecule has 244 valence electrons. The lowest BCUT2D eigenvalue weighted by atomic mass is 9.82. The van der Waals surface area contributed by atoms with Gasteiger partial charge >= 0.3 is 6.09 Å². The summed E-state index contributed by atoms with van der Waals surface area (Å²) in [5, 5.41) is 3.69. The van der Waals surface area contributed by atoms with E-state index in [0.29, 0.717) is 6.07 Å². The predicted octanol–water partition coefficient (Wildman–Crippen LogP) is 7.57. The number of rotatable bonds is 10. The molecule has 0 spiro atoms. The van der Waals surface area contributed by atoms with Gasteiger partial charge in [-0.3, -0.25) is 14.7 Å². The van der Waals surface area contributed by atoms with Gasteiger partial charge in [-0.2, -0.15) is 0 Å². The molecular formula is C33H35F4N5O4. The molecule has 2 aromatic carbocycles. The fourth-order valence-electron chi connectivity index (χ4n) is 5.67. The van der Waals surface area contributed by atoms with Crippen LogP contribution in [0, 0.1) is 23.3 Å². The van der Waals surface area contributed by atoms with Crippen molar-refractivity contribution >= 4 is 11.9 Å². The topological polar surface area (TPSA) is 117 Å². The van der Waals surface area contributed by atoms with Gasteiger partial charge in [0.25, 0.3) is 0 Å². The van der Waals surface area contributed by atoms with Crippen molar-refractivity contribution in [3.8, 4) is 0 Å². The van der Waals surface area contributed by atoms with Crippen LogP contribution >= 0.6 is 0 Å². The molecule has 0 aliphatic carbocycles. The Balaban J connectivity index is 1.64. The van der Waals surface area contributed by atoms with Crippen LogP contribution in [0.3, 0.4) is 0 Å². The smallest absolute Gasteiger partial charge is 0.412 e. The second-order valence-electron chi connectivity index (χ2n) is 12.6. The van der Waals surface area contributed by atoms with E-state index >= 15 is 4.39 Å². The van der Waals surface area contributed by atoms with Gasteiger partial charge in [0.2, 0.25) is 0 Å². The Kier molecular flexibility index (Phi) is 10.4. The summed E-state index contributed by atoms with van der Waals surface area (Å²) in [5.41, 5.74) is 8.29. The average molecular weight is 642 g/mol. The maximum Gasteiger partial charge on any atom is 0.412 e. The predicted molar refractivity (Wildman–Crippen MR) is 161 cm³/mol. The van der Waals surface area contributed by atoms with E-state index < -0.39 is 70.9 Å². The molecule has 1 aromatic heterocycles. The molecular weight excluding hydrogens is 606 g/mol. The highest BCUT2D eigenvalue weighted by atomic mass is 19.1. The molecule has 1 aliphatic heterocycles. The standard InChI is InChI=1S/C33H35F4N5O4/c1-32(2,3)46-31(44)42-25(18-45-33(42,4)5)10-11-26-21(16-39-17-27(26)37)14-28(43)30(40-41-38)29(19-6-8-22(34)9-7-19)20-12-23(35)15-24(36)13-20/h6-9,12-13,15-17,25,29-30H,10-11,14,18H2,1-5H3/t25-,29-,30+/m0/s1. The Morgan fingerprint density at radius 3 is 2.33 bits per heavy atom. The molecule has 0 radical (unpaired) electrons. The van der Waals surface area contributed by atoms with Crippen molar-refractivity contribution in [2.24, 2.45) is 5.11 Å². The summed E-state index contributed by atoms with van der Waals surface area (Å²) in [4.78, 5) is 35.1. The molecule has 1 saturated heterocycles. The van der Waals surface area contributed by atoms with Crippen LogP contribution < -0.4 is 0 Å². The maximum atomic E-state index is 15.3. The number of amides is 1. The minimum Gasteiger partial charge on any atom is -0.444 e. The van der Waals surface area contributed by atoms with Gasteiger partial charge in [0.1, 0.15) is 46.4 Å². The Bertz CT molecular complexity index is 1620. The first-order valence-corrected chi connectivity index (χ1v) is 14.7. The van der Waals surface area contributed by atoms with Gasteiger partial charge in [-0.05, 0) is 99.5 Å². The summed E-state index contributed by atoms with van der Waals surface area (Å²) >= 11 is 0. The normalized spacial score (nSPS) is 17.2. The molecule has 3 aromatic rings.